The molecule has 0 bridgehead atoms. The van der Waals surface area contributed by atoms with Gasteiger partial charge in [-0.05, 0) is 55.2 Å². The van der Waals surface area contributed by atoms with E-state index in [1.54, 1.807) is 14.2 Å². The second kappa shape index (κ2) is 8.95. The molecule has 6 heteroatoms. The molecule has 0 unspecified atom stereocenters. The number of anilines is 1. The van der Waals surface area contributed by atoms with Crippen molar-refractivity contribution in [3.8, 4) is 11.5 Å². The van der Waals surface area contributed by atoms with Crippen molar-refractivity contribution in [1.29, 1.82) is 0 Å². The van der Waals surface area contributed by atoms with Crippen molar-refractivity contribution in [3.05, 3.63) is 47.3 Å². The van der Waals surface area contributed by atoms with Crippen molar-refractivity contribution in [3.63, 3.8) is 0 Å². The Hall–Kier alpha value is -2.76. The third-order valence-corrected chi connectivity index (χ3v) is 5.36. The highest BCUT2D eigenvalue weighted by atomic mass is 16.5. The summed E-state index contributed by atoms with van der Waals surface area (Å²) in [6.45, 7) is 4.39. The molecule has 1 aromatic heterocycles. The van der Waals surface area contributed by atoms with E-state index in [9.17, 15) is 4.79 Å². The van der Waals surface area contributed by atoms with Gasteiger partial charge in [0.15, 0.2) is 11.5 Å². The lowest BCUT2D eigenvalue weighted by molar-refractivity contribution is -0.130. The van der Waals surface area contributed by atoms with Crippen LogP contribution in [-0.4, -0.2) is 56.7 Å². The number of pyridine rings is 1. The Morgan fingerprint density at radius 1 is 1.18 bits per heavy atom. The first-order chi connectivity index (χ1) is 13.5. The molecule has 2 aromatic rings. The number of methoxy groups -OCH3 is 2. The Morgan fingerprint density at radius 3 is 2.57 bits per heavy atom. The minimum Gasteiger partial charge on any atom is -0.493 e. The van der Waals surface area contributed by atoms with E-state index >= 15 is 0 Å². The average molecular weight is 383 g/mol. The molecule has 6 nitrogen and oxygen atoms in total. The Kier molecular flexibility index (Phi) is 6.39. The van der Waals surface area contributed by atoms with Crippen molar-refractivity contribution in [1.82, 2.24) is 9.88 Å². The molecule has 0 spiro atoms. The first kappa shape index (κ1) is 20.0. The normalized spacial score (nSPS) is 13.7. The zero-order chi connectivity index (χ0) is 20.1. The number of benzene rings is 1. The zero-order valence-electron chi connectivity index (χ0n) is 17.2. The van der Waals surface area contributed by atoms with E-state index in [-0.39, 0.29) is 5.91 Å². The number of aromatic nitrogens is 1. The summed E-state index contributed by atoms with van der Waals surface area (Å²) >= 11 is 0. The molecule has 0 fully saturated rings. The third-order valence-electron chi connectivity index (χ3n) is 5.36. The van der Waals surface area contributed by atoms with E-state index in [2.05, 4.69) is 23.0 Å². The zero-order valence-corrected chi connectivity index (χ0v) is 17.2. The van der Waals surface area contributed by atoms with Gasteiger partial charge in [-0.3, -0.25) is 9.78 Å². The number of hydrogen-bond donors (Lipinski definition) is 0. The molecule has 2 heterocycles. The van der Waals surface area contributed by atoms with E-state index in [1.807, 2.05) is 36.2 Å². The number of ether oxygens (including phenoxy) is 2. The summed E-state index contributed by atoms with van der Waals surface area (Å²) in [6.07, 6.45) is 3.97. The fourth-order valence-corrected chi connectivity index (χ4v) is 3.75. The Morgan fingerprint density at radius 2 is 1.89 bits per heavy atom. The lowest BCUT2D eigenvalue weighted by Crippen LogP contribution is -2.35. The van der Waals surface area contributed by atoms with Gasteiger partial charge in [-0.15, -0.1) is 0 Å². The summed E-state index contributed by atoms with van der Waals surface area (Å²) in [6, 6.07) is 7.98. The van der Waals surface area contributed by atoms with Gasteiger partial charge in [0.05, 0.1) is 32.0 Å². The smallest absolute Gasteiger partial charge is 0.227 e. The average Bonchev–Trinajstić information content (AvgIpc) is 2.85. The molecule has 28 heavy (non-hydrogen) atoms. The number of aryl methyl sites for hydroxylation is 1. The van der Waals surface area contributed by atoms with Crippen molar-refractivity contribution >= 4 is 11.6 Å². The Bertz CT molecular complexity index is 838. The molecule has 150 valence electrons. The quantitative estimate of drug-likeness (QED) is 0.736. The highest BCUT2D eigenvalue weighted by molar-refractivity contribution is 5.80. The molecular weight excluding hydrogens is 354 g/mol. The van der Waals surface area contributed by atoms with E-state index in [1.165, 1.54) is 0 Å². The molecule has 1 aliphatic rings. The Labute approximate surface area is 167 Å². The maximum atomic E-state index is 12.8. The lowest BCUT2D eigenvalue weighted by atomic mass is 10.0. The number of nitrogens with zero attached hydrogens (tertiary/aromatic N) is 3. The summed E-state index contributed by atoms with van der Waals surface area (Å²) < 4.78 is 10.8. The number of rotatable bonds is 7. The molecule has 0 radical (unpaired) electrons. The monoisotopic (exact) mass is 383 g/mol. The van der Waals surface area contributed by atoms with E-state index < -0.39 is 0 Å². The molecule has 0 aliphatic carbocycles. The van der Waals surface area contributed by atoms with Crippen LogP contribution in [-0.2, 0) is 17.6 Å². The van der Waals surface area contributed by atoms with Crippen LogP contribution in [0.3, 0.4) is 0 Å². The Balaban J connectivity index is 1.61. The summed E-state index contributed by atoms with van der Waals surface area (Å²) in [5.41, 5.74) is 4.36. The molecule has 1 amide bonds. The van der Waals surface area contributed by atoms with Gasteiger partial charge in [-0.1, -0.05) is 0 Å². The topological polar surface area (TPSA) is 54.9 Å². The SMILES string of the molecule is COc1cc2c(cc1OC)CC(=O)N(CCCN(C)c1cccnc1C)CC2. The second-order valence-electron chi connectivity index (χ2n) is 7.17. The summed E-state index contributed by atoms with van der Waals surface area (Å²) in [4.78, 5) is 21.3. The van der Waals surface area contributed by atoms with Gasteiger partial charge in [0.1, 0.15) is 0 Å². The first-order valence-electron chi connectivity index (χ1n) is 9.67. The predicted octanol–water partition coefficient (Wildman–Crippen LogP) is 2.86. The molecule has 1 aromatic carbocycles. The number of fused-ring (bicyclic) bond motifs is 1. The van der Waals surface area contributed by atoms with Crippen molar-refractivity contribution in [2.24, 2.45) is 0 Å². The maximum Gasteiger partial charge on any atom is 0.227 e. The van der Waals surface area contributed by atoms with E-state index in [4.69, 9.17) is 9.47 Å². The number of hydrogen-bond acceptors (Lipinski definition) is 5. The van der Waals surface area contributed by atoms with E-state index in [0.29, 0.717) is 12.2 Å². The molecule has 0 N–H and O–H groups in total. The standard InChI is InChI=1S/C22H29N3O3/c1-16-19(7-5-9-23-16)24(2)10-6-11-25-12-8-17-13-20(27-3)21(28-4)14-18(17)15-22(25)26/h5,7,9,13-14H,6,8,10-12,15H2,1-4H3. The van der Waals surface area contributed by atoms with Crippen LogP contribution in [0.2, 0.25) is 0 Å². The highest BCUT2D eigenvalue weighted by Gasteiger charge is 2.22. The van der Waals surface area contributed by atoms with Gasteiger partial charge < -0.3 is 19.3 Å². The summed E-state index contributed by atoms with van der Waals surface area (Å²) in [5, 5.41) is 0. The number of carbonyl (C=O) groups is 1. The molecular formula is C22H29N3O3. The number of carbonyl (C=O) groups excluding carboxylic acids is 1. The molecule has 0 atom stereocenters. The maximum absolute atomic E-state index is 12.8. The highest BCUT2D eigenvalue weighted by Crippen LogP contribution is 2.32. The summed E-state index contributed by atoms with van der Waals surface area (Å²) in [5.74, 6) is 1.57. The predicted molar refractivity (Wildman–Crippen MR) is 110 cm³/mol. The summed E-state index contributed by atoms with van der Waals surface area (Å²) in [7, 11) is 5.33. The van der Waals surface area contributed by atoms with Crippen LogP contribution in [0.1, 0.15) is 23.2 Å². The van der Waals surface area contributed by atoms with Crippen LogP contribution in [0.25, 0.3) is 0 Å². The third kappa shape index (κ3) is 4.38. The van der Waals surface area contributed by atoms with Crippen molar-refractivity contribution in [2.75, 3.05) is 45.8 Å². The largest absolute Gasteiger partial charge is 0.493 e. The number of amides is 1. The van der Waals surface area contributed by atoms with E-state index in [0.717, 1.165) is 60.7 Å². The molecule has 0 saturated heterocycles. The van der Waals surface area contributed by atoms with Gasteiger partial charge in [-0.25, -0.2) is 0 Å². The second-order valence-corrected chi connectivity index (χ2v) is 7.17. The molecule has 0 saturated carbocycles. The lowest BCUT2D eigenvalue weighted by Gasteiger charge is -2.24. The van der Waals surface area contributed by atoms with Crippen LogP contribution in [0.4, 0.5) is 5.69 Å². The van der Waals surface area contributed by atoms with Crippen LogP contribution in [0.15, 0.2) is 30.5 Å². The molecule has 1 aliphatic heterocycles. The van der Waals surface area contributed by atoms with Crippen LogP contribution >= 0.6 is 0 Å². The van der Waals surface area contributed by atoms with Crippen molar-refractivity contribution < 1.29 is 14.3 Å². The van der Waals surface area contributed by atoms with Crippen LogP contribution < -0.4 is 14.4 Å². The fourth-order valence-electron chi connectivity index (χ4n) is 3.75. The van der Waals surface area contributed by atoms with Gasteiger partial charge in [0, 0.05) is 32.9 Å². The van der Waals surface area contributed by atoms with Gasteiger partial charge in [0.2, 0.25) is 5.91 Å². The first-order valence-corrected chi connectivity index (χ1v) is 9.67. The van der Waals surface area contributed by atoms with Gasteiger partial charge >= 0.3 is 0 Å². The van der Waals surface area contributed by atoms with Crippen LogP contribution in [0.5, 0.6) is 11.5 Å². The fraction of sp³-hybridized carbons (Fsp3) is 0.455. The minimum atomic E-state index is 0.172. The van der Waals surface area contributed by atoms with Gasteiger partial charge in [0.25, 0.3) is 0 Å². The minimum absolute atomic E-state index is 0.172. The van der Waals surface area contributed by atoms with Crippen LogP contribution in [0, 0.1) is 6.92 Å². The van der Waals surface area contributed by atoms with Crippen molar-refractivity contribution in [2.45, 2.75) is 26.2 Å². The molecule has 3 rings (SSSR count). The van der Waals surface area contributed by atoms with Gasteiger partial charge in [-0.2, -0.15) is 0 Å².